The van der Waals surface area contributed by atoms with Gasteiger partial charge in [-0.3, -0.25) is 4.90 Å². The van der Waals surface area contributed by atoms with Crippen LogP contribution in [-0.4, -0.2) is 47.7 Å². The molecule has 19 heavy (non-hydrogen) atoms. The number of hydrogen-bond acceptors (Lipinski definition) is 4. The number of aliphatic hydroxyl groups excluding tert-OH is 1. The number of rotatable bonds is 4. The van der Waals surface area contributed by atoms with Gasteiger partial charge in [0.05, 0.1) is 17.3 Å². The van der Waals surface area contributed by atoms with Crippen molar-refractivity contribution in [3.8, 4) is 0 Å². The maximum atomic E-state index is 9.22. The average Bonchev–Trinajstić information content (AvgIpc) is 3.24. The van der Waals surface area contributed by atoms with Gasteiger partial charge in [0.1, 0.15) is 5.82 Å². The molecule has 5 heteroatoms. The van der Waals surface area contributed by atoms with Crippen LogP contribution in [0.2, 0.25) is 5.02 Å². The second-order valence-electron chi connectivity index (χ2n) is 5.49. The summed E-state index contributed by atoms with van der Waals surface area (Å²) < 4.78 is 0. The van der Waals surface area contributed by atoms with Crippen LogP contribution in [0.3, 0.4) is 0 Å². The Balaban J connectivity index is 1.60. The van der Waals surface area contributed by atoms with Crippen molar-refractivity contribution < 1.29 is 5.11 Å². The van der Waals surface area contributed by atoms with E-state index in [1.807, 2.05) is 12.1 Å². The first-order valence-corrected chi connectivity index (χ1v) is 7.37. The van der Waals surface area contributed by atoms with Crippen LogP contribution in [0.15, 0.2) is 12.1 Å². The molecule has 1 aromatic rings. The number of aliphatic hydroxyl groups is 1. The van der Waals surface area contributed by atoms with Gasteiger partial charge in [-0.05, 0) is 30.9 Å². The summed E-state index contributed by atoms with van der Waals surface area (Å²) in [7, 11) is 0. The van der Waals surface area contributed by atoms with Gasteiger partial charge in [-0.2, -0.15) is 0 Å². The van der Waals surface area contributed by atoms with Crippen molar-refractivity contribution in [2.45, 2.75) is 19.4 Å². The lowest BCUT2D eigenvalue weighted by Gasteiger charge is -2.35. The summed E-state index contributed by atoms with van der Waals surface area (Å²) in [5, 5.41) is 9.76. The highest BCUT2D eigenvalue weighted by Gasteiger charge is 2.26. The largest absolute Gasteiger partial charge is 0.390 e. The lowest BCUT2D eigenvalue weighted by Crippen LogP contribution is -2.47. The molecule has 0 spiro atoms. The molecule has 2 aliphatic rings. The molecule has 2 fully saturated rings. The van der Waals surface area contributed by atoms with Gasteiger partial charge in [0, 0.05) is 32.7 Å². The highest BCUT2D eigenvalue weighted by atomic mass is 35.5. The maximum absolute atomic E-state index is 9.22. The Hall–Kier alpha value is -0.840. The van der Waals surface area contributed by atoms with Gasteiger partial charge in [0.15, 0.2) is 0 Å². The molecule has 0 radical (unpaired) electrons. The molecule has 0 aromatic carbocycles. The number of anilines is 1. The topological polar surface area (TPSA) is 39.6 Å². The molecule has 1 aromatic heterocycles. The van der Waals surface area contributed by atoms with Crippen molar-refractivity contribution in [1.29, 1.82) is 0 Å². The number of pyridine rings is 1. The van der Waals surface area contributed by atoms with E-state index in [9.17, 15) is 5.11 Å². The summed E-state index contributed by atoms with van der Waals surface area (Å²) in [6.45, 7) is 5.39. The van der Waals surface area contributed by atoms with Crippen molar-refractivity contribution in [3.63, 3.8) is 0 Å². The van der Waals surface area contributed by atoms with Crippen LogP contribution in [0, 0.1) is 5.92 Å². The number of halogens is 1. The number of piperazine rings is 1. The lowest BCUT2D eigenvalue weighted by atomic mass is 10.2. The summed E-state index contributed by atoms with van der Waals surface area (Å²) in [4.78, 5) is 9.27. The summed E-state index contributed by atoms with van der Waals surface area (Å²) >= 11 is 5.97. The van der Waals surface area contributed by atoms with Crippen LogP contribution in [-0.2, 0) is 6.61 Å². The van der Waals surface area contributed by atoms with Crippen molar-refractivity contribution in [2.75, 3.05) is 37.6 Å². The van der Waals surface area contributed by atoms with Crippen LogP contribution in [0.1, 0.15) is 18.5 Å². The molecule has 1 saturated carbocycles. The number of aromatic nitrogens is 1. The maximum Gasteiger partial charge on any atom is 0.129 e. The monoisotopic (exact) mass is 281 g/mol. The second-order valence-corrected chi connectivity index (χ2v) is 5.89. The Morgan fingerprint density at radius 3 is 2.58 bits per heavy atom. The molecule has 0 unspecified atom stereocenters. The van der Waals surface area contributed by atoms with E-state index in [1.54, 1.807) is 0 Å². The SMILES string of the molecule is OCc1nc(N2CCN(CC3CC3)CC2)ccc1Cl. The van der Waals surface area contributed by atoms with E-state index in [2.05, 4.69) is 14.8 Å². The zero-order chi connectivity index (χ0) is 13.2. The summed E-state index contributed by atoms with van der Waals surface area (Å²) in [5.74, 6) is 1.89. The normalized spacial score (nSPS) is 20.8. The standard InChI is InChI=1S/C14H20ClN3O/c15-12-3-4-14(16-13(12)10-19)18-7-5-17(6-8-18)9-11-1-2-11/h3-4,11,19H,1-2,5-10H2. The fraction of sp³-hybridized carbons (Fsp3) is 0.643. The molecule has 1 aliphatic heterocycles. The molecule has 1 aliphatic carbocycles. The summed E-state index contributed by atoms with van der Waals surface area (Å²) in [6, 6.07) is 3.77. The van der Waals surface area contributed by atoms with Gasteiger partial charge in [0.2, 0.25) is 0 Å². The molecule has 104 valence electrons. The highest BCUT2D eigenvalue weighted by molar-refractivity contribution is 6.31. The van der Waals surface area contributed by atoms with Crippen molar-refractivity contribution in [1.82, 2.24) is 9.88 Å². The third kappa shape index (κ3) is 3.19. The fourth-order valence-corrected chi connectivity index (χ4v) is 2.75. The first-order chi connectivity index (χ1) is 9.26. The van der Waals surface area contributed by atoms with E-state index in [-0.39, 0.29) is 6.61 Å². The Morgan fingerprint density at radius 2 is 1.95 bits per heavy atom. The number of nitrogens with zero attached hydrogens (tertiary/aromatic N) is 3. The van der Waals surface area contributed by atoms with Gasteiger partial charge >= 0.3 is 0 Å². The first-order valence-electron chi connectivity index (χ1n) is 7.00. The molecular weight excluding hydrogens is 262 g/mol. The Bertz CT molecular complexity index is 442. The molecule has 2 heterocycles. The van der Waals surface area contributed by atoms with E-state index in [0.29, 0.717) is 10.7 Å². The van der Waals surface area contributed by atoms with Crippen molar-refractivity contribution in [2.24, 2.45) is 5.92 Å². The average molecular weight is 282 g/mol. The Morgan fingerprint density at radius 1 is 1.21 bits per heavy atom. The third-order valence-electron chi connectivity index (χ3n) is 3.96. The van der Waals surface area contributed by atoms with E-state index in [1.165, 1.54) is 19.4 Å². The fourth-order valence-electron chi connectivity index (χ4n) is 2.58. The Labute approximate surface area is 119 Å². The van der Waals surface area contributed by atoms with Gasteiger partial charge in [-0.1, -0.05) is 11.6 Å². The van der Waals surface area contributed by atoms with Crippen LogP contribution in [0.4, 0.5) is 5.82 Å². The minimum atomic E-state index is -0.103. The Kier molecular flexibility index (Phi) is 3.91. The van der Waals surface area contributed by atoms with E-state index in [4.69, 9.17) is 11.6 Å². The van der Waals surface area contributed by atoms with Crippen LogP contribution < -0.4 is 4.90 Å². The quantitative estimate of drug-likeness (QED) is 0.913. The molecule has 0 bridgehead atoms. The zero-order valence-corrected chi connectivity index (χ0v) is 11.8. The summed E-state index contributed by atoms with van der Waals surface area (Å²) in [5.41, 5.74) is 0.569. The van der Waals surface area contributed by atoms with E-state index < -0.39 is 0 Å². The molecule has 4 nitrogen and oxygen atoms in total. The minimum absolute atomic E-state index is 0.103. The smallest absolute Gasteiger partial charge is 0.129 e. The van der Waals surface area contributed by atoms with E-state index >= 15 is 0 Å². The second kappa shape index (κ2) is 5.65. The first kappa shape index (κ1) is 13.2. The highest BCUT2D eigenvalue weighted by Crippen LogP contribution is 2.30. The van der Waals surface area contributed by atoms with Crippen molar-refractivity contribution in [3.05, 3.63) is 22.8 Å². The van der Waals surface area contributed by atoms with Crippen LogP contribution >= 0.6 is 11.6 Å². The number of hydrogen-bond donors (Lipinski definition) is 1. The van der Waals surface area contributed by atoms with Gasteiger partial charge in [0.25, 0.3) is 0 Å². The summed E-state index contributed by atoms with van der Waals surface area (Å²) in [6.07, 6.45) is 2.83. The predicted molar refractivity (Wildman–Crippen MR) is 76.5 cm³/mol. The molecule has 0 atom stereocenters. The zero-order valence-electron chi connectivity index (χ0n) is 11.1. The van der Waals surface area contributed by atoms with Crippen LogP contribution in [0.5, 0.6) is 0 Å². The molecule has 1 saturated heterocycles. The molecule has 0 amide bonds. The van der Waals surface area contributed by atoms with E-state index in [0.717, 1.165) is 37.9 Å². The molecule has 1 N–H and O–H groups in total. The molecular formula is C14H20ClN3O. The minimum Gasteiger partial charge on any atom is -0.390 e. The third-order valence-corrected chi connectivity index (χ3v) is 4.31. The predicted octanol–water partition coefficient (Wildman–Crippen LogP) is 1.76. The van der Waals surface area contributed by atoms with Gasteiger partial charge < -0.3 is 10.0 Å². The van der Waals surface area contributed by atoms with Gasteiger partial charge in [-0.25, -0.2) is 4.98 Å². The van der Waals surface area contributed by atoms with Crippen molar-refractivity contribution >= 4 is 17.4 Å². The molecule has 3 rings (SSSR count). The lowest BCUT2D eigenvalue weighted by molar-refractivity contribution is 0.247. The van der Waals surface area contributed by atoms with Gasteiger partial charge in [-0.15, -0.1) is 0 Å². The van der Waals surface area contributed by atoms with Crippen LogP contribution in [0.25, 0.3) is 0 Å².